The molecule has 2 aliphatic rings. The molecule has 2 heterocycles. The van der Waals surface area contributed by atoms with Gasteiger partial charge in [0.15, 0.2) is 0 Å². The van der Waals surface area contributed by atoms with E-state index < -0.39 is 0 Å². The average Bonchev–Trinajstić information content (AvgIpc) is 2.50. The molecule has 6 heteroatoms. The maximum atomic E-state index is 12.2. The Morgan fingerprint density at radius 1 is 1.36 bits per heavy atom. The van der Waals surface area contributed by atoms with Gasteiger partial charge in [0.2, 0.25) is 11.8 Å². The first-order valence-electron chi connectivity index (χ1n) is 7.92. The average molecular weight is 302 g/mol. The lowest BCUT2D eigenvalue weighted by molar-refractivity contribution is -0.134. The largest absolute Gasteiger partial charge is 0.311 e. The number of nitrogens with zero attached hydrogens (tertiary/aromatic N) is 1. The number of hydrogen-bond acceptors (Lipinski definition) is 4. The van der Waals surface area contributed by atoms with E-state index in [1.54, 1.807) is 6.07 Å². The number of carbonyl (C=O) groups is 2. The molecule has 3 rings (SSSR count). The highest BCUT2D eigenvalue weighted by Crippen LogP contribution is 2.35. The normalized spacial score (nSPS) is 27.7. The summed E-state index contributed by atoms with van der Waals surface area (Å²) in [6, 6.07) is 5.53. The maximum Gasteiger partial charge on any atom is 0.237 e. The van der Waals surface area contributed by atoms with Gasteiger partial charge >= 0.3 is 0 Å². The summed E-state index contributed by atoms with van der Waals surface area (Å²) in [6.07, 6.45) is 4.51. The van der Waals surface area contributed by atoms with Gasteiger partial charge in [-0.05, 0) is 37.8 Å². The van der Waals surface area contributed by atoms with Gasteiger partial charge in [0.25, 0.3) is 0 Å². The van der Waals surface area contributed by atoms with Crippen LogP contribution in [0.3, 0.4) is 0 Å². The zero-order chi connectivity index (χ0) is 15.5. The summed E-state index contributed by atoms with van der Waals surface area (Å²) >= 11 is 0. The van der Waals surface area contributed by atoms with Gasteiger partial charge in [-0.1, -0.05) is 18.9 Å². The predicted octanol–water partition coefficient (Wildman–Crippen LogP) is 1.53. The minimum absolute atomic E-state index is 0.00666. The molecular weight excluding hydrogens is 280 g/mol. The fourth-order valence-corrected chi connectivity index (χ4v) is 3.54. The molecule has 0 aromatic carbocycles. The van der Waals surface area contributed by atoms with Gasteiger partial charge in [-0.3, -0.25) is 15.0 Å². The fraction of sp³-hybridized carbons (Fsp3) is 0.562. The molecule has 1 aliphatic heterocycles. The van der Waals surface area contributed by atoms with Crippen LogP contribution in [0.5, 0.6) is 0 Å². The summed E-state index contributed by atoms with van der Waals surface area (Å²) in [5.41, 5.74) is 6.61. The zero-order valence-electron chi connectivity index (χ0n) is 12.8. The Labute approximate surface area is 130 Å². The fourth-order valence-electron chi connectivity index (χ4n) is 3.54. The lowest BCUT2D eigenvalue weighted by Gasteiger charge is -2.40. The zero-order valence-corrected chi connectivity index (χ0v) is 12.8. The SMILES string of the molecule is Cc1cccc(NC(=O)CC2NNC(=O)C3CCCCC23)n1. The molecule has 3 atom stereocenters. The molecule has 3 unspecified atom stereocenters. The van der Waals surface area contributed by atoms with E-state index in [0.29, 0.717) is 12.2 Å². The van der Waals surface area contributed by atoms with Crippen LogP contribution in [0.15, 0.2) is 18.2 Å². The molecule has 1 aromatic rings. The molecule has 118 valence electrons. The molecule has 1 saturated heterocycles. The molecular formula is C16H22N4O2. The number of hydrazine groups is 1. The Morgan fingerprint density at radius 2 is 2.18 bits per heavy atom. The van der Waals surface area contributed by atoms with E-state index in [1.165, 1.54) is 0 Å². The van der Waals surface area contributed by atoms with E-state index in [1.807, 2.05) is 19.1 Å². The number of rotatable bonds is 3. The molecule has 0 bridgehead atoms. The predicted molar refractivity (Wildman–Crippen MR) is 82.7 cm³/mol. The van der Waals surface area contributed by atoms with Gasteiger partial charge in [-0.25, -0.2) is 10.4 Å². The second-order valence-corrected chi connectivity index (χ2v) is 6.21. The van der Waals surface area contributed by atoms with Crippen molar-refractivity contribution in [2.24, 2.45) is 11.8 Å². The lowest BCUT2D eigenvalue weighted by Crippen LogP contribution is -2.60. The third kappa shape index (κ3) is 3.27. The van der Waals surface area contributed by atoms with Gasteiger partial charge in [0.05, 0.1) is 0 Å². The number of pyridine rings is 1. The molecule has 0 spiro atoms. The summed E-state index contributed by atoms with van der Waals surface area (Å²) in [5.74, 6) is 0.867. The lowest BCUT2D eigenvalue weighted by atomic mass is 9.73. The van der Waals surface area contributed by atoms with Crippen LogP contribution >= 0.6 is 0 Å². The number of aryl methyl sites for hydroxylation is 1. The van der Waals surface area contributed by atoms with Gasteiger partial charge in [-0.15, -0.1) is 0 Å². The minimum Gasteiger partial charge on any atom is -0.311 e. The first-order chi connectivity index (χ1) is 10.6. The molecule has 0 radical (unpaired) electrons. The molecule has 2 amide bonds. The third-order valence-electron chi connectivity index (χ3n) is 4.61. The standard InChI is InChI=1S/C16H22N4O2/c1-10-5-4-8-14(17-10)18-15(21)9-13-11-6-2-3-7-12(11)16(22)20-19-13/h4-5,8,11-13,19H,2-3,6-7,9H2,1H3,(H,20,22)(H,17,18,21). The third-order valence-corrected chi connectivity index (χ3v) is 4.61. The van der Waals surface area contributed by atoms with Crippen molar-refractivity contribution in [3.63, 3.8) is 0 Å². The molecule has 22 heavy (non-hydrogen) atoms. The van der Waals surface area contributed by atoms with E-state index in [2.05, 4.69) is 21.2 Å². The van der Waals surface area contributed by atoms with E-state index in [-0.39, 0.29) is 29.7 Å². The monoisotopic (exact) mass is 302 g/mol. The summed E-state index contributed by atoms with van der Waals surface area (Å²) < 4.78 is 0. The highest BCUT2D eigenvalue weighted by atomic mass is 16.2. The summed E-state index contributed by atoms with van der Waals surface area (Å²) in [5, 5.41) is 2.83. The van der Waals surface area contributed by atoms with Crippen molar-refractivity contribution in [2.45, 2.75) is 45.1 Å². The van der Waals surface area contributed by atoms with Gasteiger partial charge in [-0.2, -0.15) is 0 Å². The number of nitrogens with one attached hydrogen (secondary N) is 3. The van der Waals surface area contributed by atoms with E-state index in [0.717, 1.165) is 31.4 Å². The maximum absolute atomic E-state index is 12.2. The van der Waals surface area contributed by atoms with E-state index in [9.17, 15) is 9.59 Å². The Morgan fingerprint density at radius 3 is 3.00 bits per heavy atom. The Balaban J connectivity index is 1.62. The van der Waals surface area contributed by atoms with Crippen LogP contribution in [0, 0.1) is 18.8 Å². The van der Waals surface area contributed by atoms with Crippen LogP contribution < -0.4 is 16.2 Å². The van der Waals surface area contributed by atoms with Gasteiger partial charge in [0.1, 0.15) is 5.82 Å². The van der Waals surface area contributed by atoms with Crippen LogP contribution in [-0.2, 0) is 9.59 Å². The Hall–Kier alpha value is -1.95. The van der Waals surface area contributed by atoms with Crippen LogP contribution in [0.4, 0.5) is 5.82 Å². The molecule has 3 N–H and O–H groups in total. The van der Waals surface area contributed by atoms with Crippen molar-refractivity contribution >= 4 is 17.6 Å². The van der Waals surface area contributed by atoms with Crippen molar-refractivity contribution in [3.8, 4) is 0 Å². The van der Waals surface area contributed by atoms with E-state index >= 15 is 0 Å². The number of carbonyl (C=O) groups excluding carboxylic acids is 2. The van der Waals surface area contributed by atoms with Crippen molar-refractivity contribution in [2.75, 3.05) is 5.32 Å². The topological polar surface area (TPSA) is 83.1 Å². The van der Waals surface area contributed by atoms with Crippen LogP contribution in [0.25, 0.3) is 0 Å². The molecule has 6 nitrogen and oxygen atoms in total. The van der Waals surface area contributed by atoms with Crippen LogP contribution in [-0.4, -0.2) is 22.8 Å². The first kappa shape index (κ1) is 15.0. The number of aromatic nitrogens is 1. The molecule has 1 aromatic heterocycles. The van der Waals surface area contributed by atoms with Gasteiger partial charge < -0.3 is 5.32 Å². The first-order valence-corrected chi connectivity index (χ1v) is 7.92. The molecule has 2 fully saturated rings. The van der Waals surface area contributed by atoms with Gasteiger partial charge in [0, 0.05) is 24.1 Å². The van der Waals surface area contributed by atoms with Crippen LogP contribution in [0.1, 0.15) is 37.8 Å². The Bertz CT molecular complexity index is 575. The van der Waals surface area contributed by atoms with Crippen molar-refractivity contribution in [3.05, 3.63) is 23.9 Å². The highest BCUT2D eigenvalue weighted by Gasteiger charge is 2.40. The number of hydrogen-bond donors (Lipinski definition) is 3. The minimum atomic E-state index is -0.0731. The summed E-state index contributed by atoms with van der Waals surface area (Å²) in [7, 11) is 0. The highest BCUT2D eigenvalue weighted by molar-refractivity contribution is 5.90. The number of amides is 2. The number of anilines is 1. The van der Waals surface area contributed by atoms with Crippen molar-refractivity contribution < 1.29 is 9.59 Å². The molecule has 1 aliphatic carbocycles. The second-order valence-electron chi connectivity index (χ2n) is 6.21. The summed E-state index contributed by atoms with van der Waals surface area (Å²) in [4.78, 5) is 28.4. The Kier molecular flexibility index (Phi) is 4.38. The van der Waals surface area contributed by atoms with Crippen molar-refractivity contribution in [1.29, 1.82) is 0 Å². The molecule has 1 saturated carbocycles. The number of fused-ring (bicyclic) bond motifs is 1. The summed E-state index contributed by atoms with van der Waals surface area (Å²) in [6.45, 7) is 1.89. The van der Waals surface area contributed by atoms with E-state index in [4.69, 9.17) is 0 Å². The second kappa shape index (κ2) is 6.44. The van der Waals surface area contributed by atoms with Crippen molar-refractivity contribution in [1.82, 2.24) is 15.8 Å². The van der Waals surface area contributed by atoms with Crippen LogP contribution in [0.2, 0.25) is 0 Å². The quantitative estimate of drug-likeness (QED) is 0.790. The smallest absolute Gasteiger partial charge is 0.237 e.